The van der Waals surface area contributed by atoms with Crippen LogP contribution in [0.2, 0.25) is 0 Å². The molecule has 4 nitrogen and oxygen atoms in total. The van der Waals surface area contributed by atoms with Gasteiger partial charge >= 0.3 is 0 Å². The van der Waals surface area contributed by atoms with Crippen molar-refractivity contribution in [1.29, 1.82) is 0 Å². The van der Waals surface area contributed by atoms with Crippen LogP contribution in [-0.2, 0) is 14.0 Å². The summed E-state index contributed by atoms with van der Waals surface area (Å²) in [4.78, 5) is 0. The summed E-state index contributed by atoms with van der Waals surface area (Å²) in [6.07, 6.45) is -0.311. The molecule has 2 rings (SSSR count). The fourth-order valence-electron chi connectivity index (χ4n) is 2.99. The SMILES string of the molecule is CC(C)C1OC(C(C)C)P(=O)(Nc2ccccc2)C(C(C)C)O1. The third-order valence-electron chi connectivity index (χ3n) is 4.07. The van der Waals surface area contributed by atoms with E-state index >= 15 is 0 Å². The molecule has 0 aliphatic carbocycles. The van der Waals surface area contributed by atoms with Crippen molar-refractivity contribution in [1.82, 2.24) is 0 Å². The van der Waals surface area contributed by atoms with Crippen molar-refractivity contribution in [3.63, 3.8) is 0 Å². The van der Waals surface area contributed by atoms with E-state index in [0.717, 1.165) is 5.69 Å². The summed E-state index contributed by atoms with van der Waals surface area (Å²) in [6.45, 7) is 12.4. The highest BCUT2D eigenvalue weighted by Crippen LogP contribution is 2.63. The predicted molar refractivity (Wildman–Crippen MR) is 95.7 cm³/mol. The Morgan fingerprint density at radius 2 is 1.35 bits per heavy atom. The van der Waals surface area contributed by atoms with Crippen molar-refractivity contribution >= 4 is 13.0 Å². The van der Waals surface area contributed by atoms with Crippen molar-refractivity contribution < 1.29 is 14.0 Å². The maximum Gasteiger partial charge on any atom is 0.225 e. The summed E-state index contributed by atoms with van der Waals surface area (Å²) in [6, 6.07) is 9.69. The Kier molecular flexibility index (Phi) is 5.94. The minimum Gasteiger partial charge on any atom is -0.339 e. The third-order valence-corrected chi connectivity index (χ3v) is 7.62. The van der Waals surface area contributed by atoms with Crippen molar-refractivity contribution in [2.75, 3.05) is 5.09 Å². The molecule has 0 bridgehead atoms. The smallest absolute Gasteiger partial charge is 0.225 e. The zero-order valence-corrected chi connectivity index (χ0v) is 15.9. The molecule has 1 saturated heterocycles. The molecule has 0 radical (unpaired) electrons. The van der Waals surface area contributed by atoms with E-state index in [0.29, 0.717) is 0 Å². The minimum absolute atomic E-state index is 0.142. The molecule has 1 aromatic rings. The van der Waals surface area contributed by atoms with Gasteiger partial charge in [-0.1, -0.05) is 59.7 Å². The predicted octanol–water partition coefficient (Wildman–Crippen LogP) is 5.37. The van der Waals surface area contributed by atoms with E-state index < -0.39 is 7.29 Å². The van der Waals surface area contributed by atoms with E-state index in [1.165, 1.54) is 0 Å². The Balaban J connectivity index is 2.39. The standard InChI is InChI=1S/C18H30NO3P/c1-12(2)16-21-17(13(3)4)23(20,18(22-16)14(5)6)19-15-10-8-7-9-11-15/h7-14,16-18H,1-6H3,(H,19,20). The summed E-state index contributed by atoms with van der Waals surface area (Å²) in [5, 5.41) is 3.29. The van der Waals surface area contributed by atoms with E-state index in [-0.39, 0.29) is 35.7 Å². The molecule has 1 aliphatic heterocycles. The van der Waals surface area contributed by atoms with Gasteiger partial charge in [0, 0.05) is 11.6 Å². The summed E-state index contributed by atoms with van der Waals surface area (Å²) in [7, 11) is -2.94. The van der Waals surface area contributed by atoms with Gasteiger partial charge in [0.1, 0.15) is 11.7 Å². The quantitative estimate of drug-likeness (QED) is 0.733. The molecule has 1 N–H and O–H groups in total. The largest absolute Gasteiger partial charge is 0.339 e. The topological polar surface area (TPSA) is 47.6 Å². The number of rotatable bonds is 5. The van der Waals surface area contributed by atoms with E-state index in [1.807, 2.05) is 30.3 Å². The van der Waals surface area contributed by atoms with Crippen molar-refractivity contribution in [2.24, 2.45) is 17.8 Å². The first-order valence-corrected chi connectivity index (χ1v) is 10.3. The van der Waals surface area contributed by atoms with Gasteiger partial charge in [-0.3, -0.25) is 4.57 Å². The zero-order chi connectivity index (χ0) is 17.2. The minimum atomic E-state index is -2.94. The lowest BCUT2D eigenvalue weighted by Gasteiger charge is -2.46. The number of hydrogen-bond donors (Lipinski definition) is 1. The fraction of sp³-hybridized carbons (Fsp3) is 0.667. The molecular weight excluding hydrogens is 309 g/mol. The van der Waals surface area contributed by atoms with Crippen LogP contribution in [0.5, 0.6) is 0 Å². The average Bonchev–Trinajstić information content (AvgIpc) is 2.47. The maximum atomic E-state index is 14.0. The van der Waals surface area contributed by atoms with Gasteiger partial charge in [0.25, 0.3) is 0 Å². The molecule has 0 aromatic heterocycles. The average molecular weight is 339 g/mol. The molecule has 2 unspecified atom stereocenters. The number of para-hydroxylation sites is 1. The van der Waals surface area contributed by atoms with E-state index in [9.17, 15) is 4.57 Å². The highest BCUT2D eigenvalue weighted by molar-refractivity contribution is 7.66. The van der Waals surface area contributed by atoms with Crippen LogP contribution in [0.4, 0.5) is 5.69 Å². The molecule has 130 valence electrons. The Morgan fingerprint density at radius 3 is 1.74 bits per heavy atom. The van der Waals surface area contributed by atoms with E-state index in [2.05, 4.69) is 46.6 Å². The highest BCUT2D eigenvalue weighted by atomic mass is 31.2. The Bertz CT molecular complexity index is 522. The van der Waals surface area contributed by atoms with Crippen LogP contribution >= 0.6 is 7.29 Å². The summed E-state index contributed by atoms with van der Waals surface area (Å²) >= 11 is 0. The van der Waals surface area contributed by atoms with Crippen LogP contribution < -0.4 is 5.09 Å². The van der Waals surface area contributed by atoms with Crippen molar-refractivity contribution in [3.8, 4) is 0 Å². The molecule has 1 heterocycles. The van der Waals surface area contributed by atoms with Crippen LogP contribution in [0.1, 0.15) is 41.5 Å². The molecule has 1 aliphatic rings. The number of hydrogen-bond acceptors (Lipinski definition) is 3. The first kappa shape index (κ1) is 18.5. The molecular formula is C18H30NO3P. The van der Waals surface area contributed by atoms with Crippen molar-refractivity contribution in [3.05, 3.63) is 30.3 Å². The molecule has 5 heteroatoms. The van der Waals surface area contributed by atoms with Crippen LogP contribution in [0.15, 0.2) is 30.3 Å². The van der Waals surface area contributed by atoms with Gasteiger partial charge in [0.2, 0.25) is 7.29 Å². The summed E-state index contributed by atoms with van der Waals surface area (Å²) < 4.78 is 26.2. The number of nitrogens with one attached hydrogen (secondary N) is 1. The lowest BCUT2D eigenvalue weighted by molar-refractivity contribution is -0.214. The first-order chi connectivity index (χ1) is 10.8. The molecule has 23 heavy (non-hydrogen) atoms. The van der Waals surface area contributed by atoms with E-state index in [1.54, 1.807) is 0 Å². The second-order valence-electron chi connectivity index (χ2n) is 7.34. The van der Waals surface area contributed by atoms with Gasteiger partial charge in [0.05, 0.1) is 0 Å². The highest BCUT2D eigenvalue weighted by Gasteiger charge is 2.51. The van der Waals surface area contributed by atoms with Gasteiger partial charge < -0.3 is 14.6 Å². The lowest BCUT2D eigenvalue weighted by atomic mass is 10.2. The summed E-state index contributed by atoms with van der Waals surface area (Å²) in [5.41, 5.74) is 0.849. The molecule has 0 spiro atoms. The lowest BCUT2D eigenvalue weighted by Crippen LogP contribution is -2.46. The molecule has 2 atom stereocenters. The fourth-order valence-corrected chi connectivity index (χ4v) is 6.46. The molecule has 0 amide bonds. The number of benzene rings is 1. The van der Waals surface area contributed by atoms with Gasteiger partial charge in [-0.2, -0.15) is 0 Å². The van der Waals surface area contributed by atoms with Gasteiger partial charge in [-0.25, -0.2) is 0 Å². The Hall–Kier alpha value is -0.830. The second-order valence-corrected chi connectivity index (χ2v) is 10.0. The van der Waals surface area contributed by atoms with Gasteiger partial charge in [0.15, 0.2) is 6.29 Å². The van der Waals surface area contributed by atoms with Gasteiger partial charge in [-0.05, 0) is 24.0 Å². The van der Waals surface area contributed by atoms with Crippen LogP contribution in [0.3, 0.4) is 0 Å². The van der Waals surface area contributed by atoms with E-state index in [4.69, 9.17) is 9.47 Å². The van der Waals surface area contributed by atoms with Crippen molar-refractivity contribution in [2.45, 2.75) is 59.5 Å². The van der Waals surface area contributed by atoms with Crippen LogP contribution in [0, 0.1) is 17.8 Å². The second kappa shape index (κ2) is 7.38. The Labute approximate surface area is 140 Å². The molecule has 0 saturated carbocycles. The third kappa shape index (κ3) is 3.99. The molecule has 1 aromatic carbocycles. The maximum absolute atomic E-state index is 14.0. The first-order valence-electron chi connectivity index (χ1n) is 8.49. The summed E-state index contributed by atoms with van der Waals surface area (Å²) in [5.74, 6) is -0.192. The number of ether oxygens (including phenoxy) is 2. The monoisotopic (exact) mass is 339 g/mol. The zero-order valence-electron chi connectivity index (χ0n) is 15.0. The van der Waals surface area contributed by atoms with Crippen LogP contribution in [-0.4, -0.2) is 18.0 Å². The van der Waals surface area contributed by atoms with Gasteiger partial charge in [-0.15, -0.1) is 0 Å². The van der Waals surface area contributed by atoms with Crippen LogP contribution in [0.25, 0.3) is 0 Å². The molecule has 1 fully saturated rings. The number of anilines is 1. The Morgan fingerprint density at radius 1 is 0.870 bits per heavy atom. The normalized spacial score (nSPS) is 31.8.